The fourth-order valence-electron chi connectivity index (χ4n) is 2.88. The molecule has 0 aliphatic rings. The van der Waals surface area contributed by atoms with E-state index in [-0.39, 0.29) is 19.1 Å². The van der Waals surface area contributed by atoms with Crippen LogP contribution in [0.25, 0.3) is 0 Å². The van der Waals surface area contributed by atoms with Crippen LogP contribution < -0.4 is 25.5 Å². The van der Waals surface area contributed by atoms with Gasteiger partial charge in [0, 0.05) is 10.7 Å². The Balaban J connectivity index is 1.53. The van der Waals surface area contributed by atoms with E-state index in [0.29, 0.717) is 40.1 Å². The van der Waals surface area contributed by atoms with Crippen LogP contribution in [-0.2, 0) is 20.9 Å². The summed E-state index contributed by atoms with van der Waals surface area (Å²) in [5, 5.41) is 9.48. The number of hydrazone groups is 1. The number of halogens is 1. The summed E-state index contributed by atoms with van der Waals surface area (Å²) in [6.07, 6.45) is 2.81. The van der Waals surface area contributed by atoms with Gasteiger partial charge in [0.15, 0.2) is 18.1 Å². The zero-order chi connectivity index (χ0) is 25.9. The summed E-state index contributed by atoms with van der Waals surface area (Å²) >= 11 is 6.09. The molecule has 0 aliphatic heterocycles. The zero-order valence-corrected chi connectivity index (χ0v) is 20.4. The molecule has 2 aromatic carbocycles. The molecule has 3 amide bonds. The quantitative estimate of drug-likeness (QED) is 0.217. The van der Waals surface area contributed by atoms with Crippen molar-refractivity contribution in [3.8, 4) is 11.5 Å². The summed E-state index contributed by atoms with van der Waals surface area (Å²) in [7, 11) is 0. The molecule has 0 spiro atoms. The lowest BCUT2D eigenvalue weighted by Gasteiger charge is -2.13. The zero-order valence-electron chi connectivity index (χ0n) is 19.7. The van der Waals surface area contributed by atoms with Crippen LogP contribution in [0.3, 0.4) is 0 Å². The Morgan fingerprint density at radius 2 is 1.89 bits per heavy atom. The number of ether oxygens (including phenoxy) is 2. The van der Waals surface area contributed by atoms with E-state index in [2.05, 4.69) is 21.2 Å². The Bertz CT molecular complexity index is 1240. The maximum absolute atomic E-state index is 12.3. The maximum atomic E-state index is 12.3. The average molecular weight is 513 g/mol. The minimum atomic E-state index is -0.927. The van der Waals surface area contributed by atoms with Gasteiger partial charge in [0.05, 0.1) is 25.6 Å². The SMILES string of the molecule is CCOc1cc(/C=N\NC(=O)C(=O)NCc2ccco2)ccc1OCC(=O)Nc1ccc(C)c(Cl)c1. The van der Waals surface area contributed by atoms with E-state index >= 15 is 0 Å². The van der Waals surface area contributed by atoms with Crippen LogP contribution >= 0.6 is 11.6 Å². The highest BCUT2D eigenvalue weighted by Crippen LogP contribution is 2.28. The second-order valence-electron chi connectivity index (χ2n) is 7.40. The van der Waals surface area contributed by atoms with E-state index in [1.807, 2.05) is 13.0 Å². The number of carbonyl (C=O) groups is 3. The van der Waals surface area contributed by atoms with E-state index in [0.717, 1.165) is 5.56 Å². The summed E-state index contributed by atoms with van der Waals surface area (Å²) in [6, 6.07) is 13.5. The molecule has 0 fully saturated rings. The average Bonchev–Trinajstić information content (AvgIpc) is 3.38. The first kappa shape index (κ1) is 26.3. The molecular formula is C25H25ClN4O6. The number of anilines is 1. The molecule has 0 radical (unpaired) electrons. The van der Waals surface area contributed by atoms with Crippen molar-refractivity contribution in [1.29, 1.82) is 0 Å². The van der Waals surface area contributed by atoms with Gasteiger partial charge in [-0.2, -0.15) is 5.10 Å². The first-order valence-corrected chi connectivity index (χ1v) is 11.3. The largest absolute Gasteiger partial charge is 0.490 e. The molecule has 0 saturated heterocycles. The summed E-state index contributed by atoms with van der Waals surface area (Å²) in [5.74, 6) is -0.891. The first-order valence-electron chi connectivity index (χ1n) is 10.9. The standard InChI is InChI=1S/C25H25ClN4O6/c1-3-34-22-11-17(13-28-30-25(33)24(32)27-14-19-5-4-10-35-19)7-9-21(22)36-15-23(31)29-18-8-6-16(2)20(26)12-18/h4-13H,3,14-15H2,1-2H3,(H,27,32)(H,29,31)(H,30,33)/b28-13-. The van der Waals surface area contributed by atoms with Crippen molar-refractivity contribution in [2.45, 2.75) is 20.4 Å². The van der Waals surface area contributed by atoms with Crippen LogP contribution in [0.1, 0.15) is 23.8 Å². The minimum Gasteiger partial charge on any atom is -0.490 e. The molecule has 11 heteroatoms. The highest BCUT2D eigenvalue weighted by Gasteiger charge is 2.13. The third kappa shape index (κ3) is 7.88. The molecule has 3 N–H and O–H groups in total. The van der Waals surface area contributed by atoms with Crippen LogP contribution in [0.5, 0.6) is 11.5 Å². The van der Waals surface area contributed by atoms with Crippen LogP contribution in [0.2, 0.25) is 5.02 Å². The highest BCUT2D eigenvalue weighted by molar-refractivity contribution is 6.35. The Morgan fingerprint density at radius 1 is 1.06 bits per heavy atom. The van der Waals surface area contributed by atoms with E-state index in [1.54, 1.807) is 49.4 Å². The van der Waals surface area contributed by atoms with Gasteiger partial charge in [-0.3, -0.25) is 14.4 Å². The van der Waals surface area contributed by atoms with Gasteiger partial charge >= 0.3 is 11.8 Å². The molecule has 0 bridgehead atoms. The Morgan fingerprint density at radius 3 is 2.61 bits per heavy atom. The molecule has 1 heterocycles. The number of benzene rings is 2. The lowest BCUT2D eigenvalue weighted by molar-refractivity contribution is -0.139. The maximum Gasteiger partial charge on any atom is 0.329 e. The van der Waals surface area contributed by atoms with Crippen LogP contribution in [0, 0.1) is 6.92 Å². The first-order chi connectivity index (χ1) is 17.4. The highest BCUT2D eigenvalue weighted by atomic mass is 35.5. The predicted octanol–water partition coefficient (Wildman–Crippen LogP) is 3.42. The summed E-state index contributed by atoms with van der Waals surface area (Å²) < 4.78 is 16.3. The Labute approximate surface area is 212 Å². The summed E-state index contributed by atoms with van der Waals surface area (Å²) in [5.41, 5.74) is 4.19. The number of carbonyl (C=O) groups excluding carboxylic acids is 3. The number of aryl methyl sites for hydroxylation is 1. The van der Waals surface area contributed by atoms with Gasteiger partial charge in [0.1, 0.15) is 5.76 Å². The molecule has 0 atom stereocenters. The normalized spacial score (nSPS) is 10.6. The molecule has 10 nitrogen and oxygen atoms in total. The van der Waals surface area contributed by atoms with Gasteiger partial charge in [-0.1, -0.05) is 17.7 Å². The molecule has 3 aromatic rings. The molecular weight excluding hydrogens is 488 g/mol. The third-order valence-electron chi connectivity index (χ3n) is 4.67. The monoisotopic (exact) mass is 512 g/mol. The van der Waals surface area contributed by atoms with Gasteiger partial charge in [0.25, 0.3) is 5.91 Å². The molecule has 1 aromatic heterocycles. The lowest BCUT2D eigenvalue weighted by atomic mass is 10.2. The number of hydrogen-bond acceptors (Lipinski definition) is 7. The van der Waals surface area contributed by atoms with Gasteiger partial charge in [-0.15, -0.1) is 0 Å². The van der Waals surface area contributed by atoms with E-state index in [4.69, 9.17) is 25.5 Å². The van der Waals surface area contributed by atoms with Gasteiger partial charge in [-0.25, -0.2) is 5.43 Å². The number of rotatable bonds is 10. The van der Waals surface area contributed by atoms with Crippen molar-refractivity contribution in [3.05, 3.63) is 76.7 Å². The van der Waals surface area contributed by atoms with E-state index in [9.17, 15) is 14.4 Å². The smallest absolute Gasteiger partial charge is 0.329 e. The van der Waals surface area contributed by atoms with Crippen molar-refractivity contribution < 1.29 is 28.3 Å². The molecule has 188 valence electrons. The number of nitrogens with zero attached hydrogens (tertiary/aromatic N) is 1. The van der Waals surface area contributed by atoms with Crippen molar-refractivity contribution >= 4 is 41.2 Å². The van der Waals surface area contributed by atoms with E-state index in [1.165, 1.54) is 12.5 Å². The van der Waals surface area contributed by atoms with Gasteiger partial charge in [0.2, 0.25) is 0 Å². The number of furan rings is 1. The molecule has 3 rings (SSSR count). The molecule has 0 aliphatic carbocycles. The number of amides is 3. The summed E-state index contributed by atoms with van der Waals surface area (Å²) in [6.45, 7) is 3.87. The van der Waals surface area contributed by atoms with Crippen LogP contribution in [-0.4, -0.2) is 37.1 Å². The van der Waals surface area contributed by atoms with Crippen molar-refractivity contribution in [1.82, 2.24) is 10.7 Å². The number of hydrogen-bond donors (Lipinski definition) is 3. The summed E-state index contributed by atoms with van der Waals surface area (Å²) in [4.78, 5) is 36.0. The van der Waals surface area contributed by atoms with Crippen molar-refractivity contribution in [3.63, 3.8) is 0 Å². The van der Waals surface area contributed by atoms with E-state index < -0.39 is 11.8 Å². The fourth-order valence-corrected chi connectivity index (χ4v) is 3.06. The topological polar surface area (TPSA) is 131 Å². The van der Waals surface area contributed by atoms with Gasteiger partial charge in [-0.05, 0) is 67.4 Å². The predicted molar refractivity (Wildman–Crippen MR) is 134 cm³/mol. The third-order valence-corrected chi connectivity index (χ3v) is 5.08. The second kappa shape index (κ2) is 13.0. The van der Waals surface area contributed by atoms with Crippen LogP contribution in [0.4, 0.5) is 5.69 Å². The van der Waals surface area contributed by atoms with Crippen molar-refractivity contribution in [2.24, 2.45) is 5.10 Å². The number of nitrogens with one attached hydrogen (secondary N) is 3. The fraction of sp³-hybridized carbons (Fsp3) is 0.200. The Hall–Kier alpha value is -4.31. The van der Waals surface area contributed by atoms with Crippen molar-refractivity contribution in [2.75, 3.05) is 18.5 Å². The van der Waals surface area contributed by atoms with Gasteiger partial charge < -0.3 is 24.5 Å². The lowest BCUT2D eigenvalue weighted by Crippen LogP contribution is -2.37. The molecule has 0 saturated carbocycles. The molecule has 36 heavy (non-hydrogen) atoms. The van der Waals surface area contributed by atoms with Crippen LogP contribution in [0.15, 0.2) is 64.3 Å². The Kier molecular flexibility index (Phi) is 9.47. The second-order valence-corrected chi connectivity index (χ2v) is 7.81. The minimum absolute atomic E-state index is 0.0823. The molecule has 0 unspecified atom stereocenters.